The van der Waals surface area contributed by atoms with Crippen LogP contribution in [0.25, 0.3) is 0 Å². The number of amides is 1. The van der Waals surface area contributed by atoms with E-state index in [0.717, 1.165) is 16.9 Å². The van der Waals surface area contributed by atoms with Gasteiger partial charge in [-0.1, -0.05) is 12.1 Å². The maximum absolute atomic E-state index is 12.9. The van der Waals surface area contributed by atoms with Crippen LogP contribution in [0.5, 0.6) is 11.5 Å². The molecule has 1 aromatic carbocycles. The number of fused-ring (bicyclic) bond motifs is 1. The summed E-state index contributed by atoms with van der Waals surface area (Å²) >= 11 is 0.982. The molecule has 9 heteroatoms. The van der Waals surface area contributed by atoms with Gasteiger partial charge < -0.3 is 9.47 Å². The topological polar surface area (TPSA) is 51.7 Å². The van der Waals surface area contributed by atoms with Crippen LogP contribution in [0, 0.1) is 6.92 Å². The van der Waals surface area contributed by atoms with Crippen molar-refractivity contribution in [1.82, 2.24) is 4.98 Å². The number of rotatable bonds is 5. The van der Waals surface area contributed by atoms with Gasteiger partial charge in [-0.25, -0.2) is 4.98 Å². The van der Waals surface area contributed by atoms with E-state index in [1.54, 1.807) is 24.4 Å². The molecule has 0 radical (unpaired) electrons. The summed E-state index contributed by atoms with van der Waals surface area (Å²) in [7, 11) is 0. The highest BCUT2D eigenvalue weighted by molar-refractivity contribution is 7.14. The van der Waals surface area contributed by atoms with Gasteiger partial charge in [-0.2, -0.15) is 13.2 Å². The minimum Gasteiger partial charge on any atom is -0.483 e. The van der Waals surface area contributed by atoms with E-state index in [1.165, 1.54) is 0 Å². The first kappa shape index (κ1) is 19.5. The number of hydrogen-bond acceptors (Lipinski definition) is 5. The molecule has 0 atom stereocenters. The summed E-state index contributed by atoms with van der Waals surface area (Å²) in [6, 6.07) is 5.29. The average molecular weight is 400 g/mol. The number of carbonyl (C=O) groups is 1. The lowest BCUT2D eigenvalue weighted by atomic mass is 10.0. The predicted octanol–water partition coefficient (Wildman–Crippen LogP) is 4.14. The number of aromatic nitrogens is 1. The van der Waals surface area contributed by atoms with Gasteiger partial charge in [0, 0.05) is 17.4 Å². The molecule has 5 nitrogen and oxygen atoms in total. The zero-order valence-corrected chi connectivity index (χ0v) is 15.9. The molecule has 2 aromatic rings. The van der Waals surface area contributed by atoms with Gasteiger partial charge in [0.15, 0.2) is 23.2 Å². The number of carbonyl (C=O) groups excluding carboxylic acids is 1. The molecule has 1 aromatic heterocycles. The summed E-state index contributed by atoms with van der Waals surface area (Å²) in [5, 5.41) is 1.58. The second-order valence-corrected chi connectivity index (χ2v) is 7.77. The summed E-state index contributed by atoms with van der Waals surface area (Å²) in [4.78, 5) is 17.1. The third kappa shape index (κ3) is 4.71. The number of anilines is 1. The monoisotopic (exact) mass is 400 g/mol. The number of benzene rings is 1. The number of nitrogens with zero attached hydrogens (tertiary/aromatic N) is 2. The van der Waals surface area contributed by atoms with E-state index in [4.69, 9.17) is 9.47 Å². The Bertz CT molecular complexity index is 849. The van der Waals surface area contributed by atoms with Gasteiger partial charge in [0.1, 0.15) is 12.1 Å². The Hall–Kier alpha value is -2.29. The highest BCUT2D eigenvalue weighted by Crippen LogP contribution is 2.41. The number of aryl methyl sites for hydroxylation is 1. The fraction of sp³-hybridized carbons (Fsp3) is 0.444. The van der Waals surface area contributed by atoms with Crippen molar-refractivity contribution in [2.24, 2.45) is 0 Å². The fourth-order valence-electron chi connectivity index (χ4n) is 2.83. The van der Waals surface area contributed by atoms with Crippen molar-refractivity contribution >= 4 is 22.4 Å². The number of para-hydroxylation sites is 1. The fourth-order valence-corrected chi connectivity index (χ4v) is 3.64. The molecule has 0 spiro atoms. The van der Waals surface area contributed by atoms with E-state index >= 15 is 0 Å². The first-order chi connectivity index (χ1) is 12.5. The Morgan fingerprint density at radius 1 is 1.41 bits per heavy atom. The highest BCUT2D eigenvalue weighted by atomic mass is 32.1. The zero-order valence-electron chi connectivity index (χ0n) is 15.1. The molecule has 2 heterocycles. The molecule has 0 aliphatic carbocycles. The number of ether oxygens (including phenoxy) is 2. The van der Waals surface area contributed by atoms with Crippen LogP contribution in [-0.2, 0) is 11.2 Å². The Balaban J connectivity index is 1.75. The highest BCUT2D eigenvalue weighted by Gasteiger charge is 2.36. The van der Waals surface area contributed by atoms with Gasteiger partial charge in [0.2, 0.25) is 0 Å². The van der Waals surface area contributed by atoms with Crippen LogP contribution >= 0.6 is 11.3 Å². The van der Waals surface area contributed by atoms with Gasteiger partial charge in [0.25, 0.3) is 5.91 Å². The second-order valence-electron chi connectivity index (χ2n) is 6.94. The second kappa shape index (κ2) is 7.03. The third-order valence-electron chi connectivity index (χ3n) is 3.88. The van der Waals surface area contributed by atoms with Crippen LogP contribution in [0.2, 0.25) is 0 Å². The maximum Gasteiger partial charge on any atom is 0.406 e. The van der Waals surface area contributed by atoms with Crippen LogP contribution in [0.1, 0.15) is 25.1 Å². The van der Waals surface area contributed by atoms with Gasteiger partial charge in [-0.15, -0.1) is 11.3 Å². The summed E-state index contributed by atoms with van der Waals surface area (Å²) in [6.07, 6.45) is -3.86. The number of hydrogen-bond donors (Lipinski definition) is 0. The SMILES string of the molecule is Cc1csc(N(CC(F)(F)F)C(=O)COc2cccc3c2OC(C)(C)C3)n1. The van der Waals surface area contributed by atoms with Crippen molar-refractivity contribution < 1.29 is 27.4 Å². The molecule has 0 bridgehead atoms. The molecule has 146 valence electrons. The van der Waals surface area contributed by atoms with Crippen molar-refractivity contribution in [1.29, 1.82) is 0 Å². The normalized spacial score (nSPS) is 15.2. The van der Waals surface area contributed by atoms with Crippen LogP contribution < -0.4 is 14.4 Å². The third-order valence-corrected chi connectivity index (χ3v) is 4.86. The summed E-state index contributed by atoms with van der Waals surface area (Å²) in [5.74, 6) is 0.0491. The van der Waals surface area contributed by atoms with E-state index in [0.29, 0.717) is 28.5 Å². The molecule has 1 amide bonds. The number of alkyl halides is 3. The first-order valence-corrected chi connectivity index (χ1v) is 9.15. The summed E-state index contributed by atoms with van der Waals surface area (Å²) in [6.45, 7) is 3.54. The predicted molar refractivity (Wildman–Crippen MR) is 95.6 cm³/mol. The maximum atomic E-state index is 12.9. The lowest BCUT2D eigenvalue weighted by Gasteiger charge is -2.22. The molecule has 1 aliphatic rings. The van der Waals surface area contributed by atoms with E-state index in [-0.39, 0.29) is 5.13 Å². The van der Waals surface area contributed by atoms with E-state index in [9.17, 15) is 18.0 Å². The minimum absolute atomic E-state index is 0.00546. The van der Waals surface area contributed by atoms with E-state index in [2.05, 4.69) is 4.98 Å². The van der Waals surface area contributed by atoms with E-state index in [1.807, 2.05) is 19.9 Å². The van der Waals surface area contributed by atoms with Crippen LogP contribution in [0.15, 0.2) is 23.6 Å². The number of halogens is 3. The first-order valence-electron chi connectivity index (χ1n) is 8.27. The largest absolute Gasteiger partial charge is 0.483 e. The Morgan fingerprint density at radius 3 is 2.78 bits per heavy atom. The lowest BCUT2D eigenvalue weighted by Crippen LogP contribution is -2.41. The Morgan fingerprint density at radius 2 is 2.15 bits per heavy atom. The molecule has 0 unspecified atom stereocenters. The van der Waals surface area contributed by atoms with Crippen molar-refractivity contribution in [3.05, 3.63) is 34.8 Å². The van der Waals surface area contributed by atoms with Crippen molar-refractivity contribution in [3.63, 3.8) is 0 Å². The molecule has 0 fully saturated rings. The molecule has 0 saturated heterocycles. The van der Waals surface area contributed by atoms with Crippen LogP contribution in [0.4, 0.5) is 18.3 Å². The van der Waals surface area contributed by atoms with Crippen molar-refractivity contribution in [2.75, 3.05) is 18.1 Å². The van der Waals surface area contributed by atoms with Crippen molar-refractivity contribution in [3.8, 4) is 11.5 Å². The van der Waals surface area contributed by atoms with E-state index < -0.39 is 30.8 Å². The molecule has 0 N–H and O–H groups in total. The molecular formula is C18H19F3N2O3S. The number of thiazole rings is 1. The summed E-state index contributed by atoms with van der Waals surface area (Å²) in [5.41, 5.74) is 1.09. The van der Waals surface area contributed by atoms with Crippen LogP contribution in [-0.4, -0.2) is 35.8 Å². The average Bonchev–Trinajstić information content (AvgIpc) is 3.11. The molecule has 1 aliphatic heterocycles. The van der Waals surface area contributed by atoms with Crippen LogP contribution in [0.3, 0.4) is 0 Å². The quantitative estimate of drug-likeness (QED) is 0.757. The Kier molecular flexibility index (Phi) is 5.07. The zero-order chi connectivity index (χ0) is 19.8. The van der Waals surface area contributed by atoms with Gasteiger partial charge in [-0.3, -0.25) is 9.69 Å². The Labute approximate surface area is 158 Å². The molecule has 0 saturated carbocycles. The standard InChI is InChI=1S/C18H19F3N2O3S/c1-11-9-27-16(22-11)23(10-18(19,20)21)14(24)8-25-13-6-4-5-12-7-17(2,3)26-15(12)13/h4-6,9H,7-8,10H2,1-3H3. The smallest absolute Gasteiger partial charge is 0.406 e. The lowest BCUT2D eigenvalue weighted by molar-refractivity contribution is -0.133. The molecule has 3 rings (SSSR count). The van der Waals surface area contributed by atoms with Crippen molar-refractivity contribution in [2.45, 2.75) is 39.0 Å². The van der Waals surface area contributed by atoms with Gasteiger partial charge >= 0.3 is 6.18 Å². The summed E-state index contributed by atoms with van der Waals surface area (Å²) < 4.78 is 50.1. The van der Waals surface area contributed by atoms with Gasteiger partial charge in [0.05, 0.1) is 5.69 Å². The minimum atomic E-state index is -4.55. The van der Waals surface area contributed by atoms with Gasteiger partial charge in [-0.05, 0) is 26.8 Å². The molecular weight excluding hydrogens is 381 g/mol. The molecule has 27 heavy (non-hydrogen) atoms.